The quantitative estimate of drug-likeness (QED) is 0.340. The normalized spacial score (nSPS) is 16.6. The first kappa shape index (κ1) is 22.4. The van der Waals surface area contributed by atoms with E-state index in [0.717, 1.165) is 12.8 Å². The number of likely N-dealkylation sites (tertiary alicyclic amines) is 1. The number of amides is 1. The Hall–Kier alpha value is -1.62. The SMILES string of the molecule is CCOC(=O)N1CCC(NC(N)=NCC(O)c2ccccc2F)CC1.I. The monoisotopic (exact) mass is 480 g/mol. The number of nitrogens with zero attached hydrogens (tertiary/aromatic N) is 2. The van der Waals surface area contributed by atoms with Gasteiger partial charge in [-0.15, -0.1) is 24.0 Å². The van der Waals surface area contributed by atoms with E-state index in [1.165, 1.54) is 12.1 Å². The third-order valence-corrected chi connectivity index (χ3v) is 4.07. The van der Waals surface area contributed by atoms with Crippen molar-refractivity contribution in [2.75, 3.05) is 26.2 Å². The van der Waals surface area contributed by atoms with Gasteiger partial charge in [-0.2, -0.15) is 0 Å². The van der Waals surface area contributed by atoms with Crippen LogP contribution in [-0.4, -0.2) is 54.3 Å². The number of aliphatic imine (C=N–C) groups is 1. The highest BCUT2D eigenvalue weighted by Gasteiger charge is 2.23. The summed E-state index contributed by atoms with van der Waals surface area (Å²) in [7, 11) is 0. The summed E-state index contributed by atoms with van der Waals surface area (Å²) in [6, 6.07) is 6.13. The molecule has 1 aliphatic heterocycles. The van der Waals surface area contributed by atoms with Crippen molar-refractivity contribution in [3.63, 3.8) is 0 Å². The number of aliphatic hydroxyl groups excluding tert-OH is 1. The molecule has 1 aromatic rings. The maximum absolute atomic E-state index is 13.6. The Morgan fingerprint density at radius 3 is 2.73 bits per heavy atom. The van der Waals surface area contributed by atoms with Gasteiger partial charge in [-0.1, -0.05) is 18.2 Å². The number of nitrogens with two attached hydrogens (primary N) is 1. The number of guanidine groups is 1. The summed E-state index contributed by atoms with van der Waals surface area (Å²) in [6.07, 6.45) is 0.110. The van der Waals surface area contributed by atoms with E-state index in [1.54, 1.807) is 24.0 Å². The zero-order valence-corrected chi connectivity index (χ0v) is 17.1. The minimum Gasteiger partial charge on any atom is -0.450 e. The van der Waals surface area contributed by atoms with Gasteiger partial charge in [-0.3, -0.25) is 4.99 Å². The molecule has 0 saturated carbocycles. The number of hydrogen-bond acceptors (Lipinski definition) is 4. The number of benzene rings is 1. The van der Waals surface area contributed by atoms with Crippen LogP contribution in [0.1, 0.15) is 31.4 Å². The molecule has 146 valence electrons. The van der Waals surface area contributed by atoms with E-state index in [2.05, 4.69) is 10.3 Å². The zero-order valence-electron chi connectivity index (χ0n) is 14.7. The van der Waals surface area contributed by atoms with Crippen LogP contribution in [0.3, 0.4) is 0 Å². The zero-order chi connectivity index (χ0) is 18.2. The average Bonchev–Trinajstić information content (AvgIpc) is 2.61. The number of piperidine rings is 1. The summed E-state index contributed by atoms with van der Waals surface area (Å²) in [6.45, 7) is 3.28. The summed E-state index contributed by atoms with van der Waals surface area (Å²) in [5.74, 6) is -0.270. The Kier molecular flexibility index (Phi) is 9.63. The molecule has 9 heteroatoms. The van der Waals surface area contributed by atoms with Gasteiger partial charge in [0.25, 0.3) is 0 Å². The van der Waals surface area contributed by atoms with Gasteiger partial charge in [-0.05, 0) is 25.8 Å². The molecule has 1 fully saturated rings. The predicted molar refractivity (Wildman–Crippen MR) is 108 cm³/mol. The van der Waals surface area contributed by atoms with E-state index in [0.29, 0.717) is 19.7 Å². The molecule has 1 aromatic carbocycles. The molecule has 1 heterocycles. The van der Waals surface area contributed by atoms with Crippen LogP contribution in [0.2, 0.25) is 0 Å². The predicted octanol–water partition coefficient (Wildman–Crippen LogP) is 2.00. The highest BCUT2D eigenvalue weighted by molar-refractivity contribution is 14.0. The van der Waals surface area contributed by atoms with Crippen LogP contribution in [0.4, 0.5) is 9.18 Å². The van der Waals surface area contributed by atoms with Crippen LogP contribution in [0.15, 0.2) is 29.3 Å². The van der Waals surface area contributed by atoms with Crippen LogP contribution >= 0.6 is 24.0 Å². The van der Waals surface area contributed by atoms with E-state index in [-0.39, 0.29) is 54.2 Å². The second-order valence-electron chi connectivity index (χ2n) is 5.87. The number of aliphatic hydroxyl groups is 1. The van der Waals surface area contributed by atoms with E-state index in [4.69, 9.17) is 10.5 Å². The Balaban J connectivity index is 0.00000338. The lowest BCUT2D eigenvalue weighted by atomic mass is 10.1. The van der Waals surface area contributed by atoms with Gasteiger partial charge in [0.1, 0.15) is 11.9 Å². The molecule has 1 atom stereocenters. The third-order valence-electron chi connectivity index (χ3n) is 4.07. The fourth-order valence-electron chi connectivity index (χ4n) is 2.70. The average molecular weight is 480 g/mol. The minimum atomic E-state index is -1.05. The topological polar surface area (TPSA) is 100 Å². The standard InChI is InChI=1S/C17H25FN4O3.HI/c1-2-25-17(24)22-9-7-12(8-10-22)21-16(19)20-11-15(23)13-5-3-4-6-14(13)18;/h3-6,12,15,23H,2,7-11H2,1H3,(H3,19,20,21);1H. The van der Waals surface area contributed by atoms with Gasteiger partial charge in [-0.25, -0.2) is 9.18 Å². The van der Waals surface area contributed by atoms with Crippen molar-refractivity contribution in [3.8, 4) is 0 Å². The van der Waals surface area contributed by atoms with Crippen LogP contribution < -0.4 is 11.1 Å². The van der Waals surface area contributed by atoms with E-state index in [9.17, 15) is 14.3 Å². The van der Waals surface area contributed by atoms with E-state index in [1.807, 2.05) is 0 Å². The molecular formula is C17H26FIN4O3. The van der Waals surface area contributed by atoms with Gasteiger partial charge >= 0.3 is 6.09 Å². The molecular weight excluding hydrogens is 454 g/mol. The first-order valence-electron chi connectivity index (χ1n) is 8.42. The third kappa shape index (κ3) is 6.60. The number of rotatable bonds is 5. The molecule has 7 nitrogen and oxygen atoms in total. The van der Waals surface area contributed by atoms with E-state index < -0.39 is 11.9 Å². The van der Waals surface area contributed by atoms with Gasteiger partial charge < -0.3 is 25.8 Å². The lowest BCUT2D eigenvalue weighted by Crippen LogP contribution is -2.48. The molecule has 1 amide bonds. The molecule has 1 aliphatic rings. The summed E-state index contributed by atoms with van der Waals surface area (Å²) in [4.78, 5) is 17.4. The Labute approximate surface area is 169 Å². The smallest absolute Gasteiger partial charge is 0.409 e. The molecule has 0 aliphatic carbocycles. The minimum absolute atomic E-state index is 0. The van der Waals surface area contributed by atoms with Gasteiger partial charge in [0.15, 0.2) is 5.96 Å². The van der Waals surface area contributed by atoms with Gasteiger partial charge in [0.05, 0.1) is 13.2 Å². The molecule has 0 bridgehead atoms. The molecule has 1 unspecified atom stereocenters. The Bertz CT molecular complexity index is 609. The van der Waals surface area contributed by atoms with E-state index >= 15 is 0 Å². The molecule has 2 rings (SSSR count). The van der Waals surface area contributed by atoms with Crippen molar-refractivity contribution in [2.24, 2.45) is 10.7 Å². The molecule has 4 N–H and O–H groups in total. The number of carbonyl (C=O) groups excluding carboxylic acids is 1. The fraction of sp³-hybridized carbons (Fsp3) is 0.529. The number of nitrogens with one attached hydrogen (secondary N) is 1. The van der Waals surface area contributed by atoms with Crippen molar-refractivity contribution in [3.05, 3.63) is 35.6 Å². The molecule has 0 spiro atoms. The maximum atomic E-state index is 13.6. The van der Waals surface area contributed by atoms with Crippen LogP contribution in [0.5, 0.6) is 0 Å². The molecule has 0 radical (unpaired) electrons. The number of halogens is 2. The lowest BCUT2D eigenvalue weighted by Gasteiger charge is -2.31. The Morgan fingerprint density at radius 2 is 2.12 bits per heavy atom. The Morgan fingerprint density at radius 1 is 1.46 bits per heavy atom. The largest absolute Gasteiger partial charge is 0.450 e. The van der Waals surface area contributed by atoms with Gasteiger partial charge in [0, 0.05) is 24.7 Å². The molecule has 1 saturated heterocycles. The second kappa shape index (κ2) is 11.2. The summed E-state index contributed by atoms with van der Waals surface area (Å²) < 4.78 is 18.6. The number of ether oxygens (including phenoxy) is 1. The van der Waals surface area contributed by atoms with Crippen molar-refractivity contribution >= 4 is 36.0 Å². The summed E-state index contributed by atoms with van der Waals surface area (Å²) in [5.41, 5.74) is 6.04. The van der Waals surface area contributed by atoms with Crippen molar-refractivity contribution in [1.29, 1.82) is 0 Å². The second-order valence-corrected chi connectivity index (χ2v) is 5.87. The van der Waals surface area contributed by atoms with Crippen molar-refractivity contribution in [2.45, 2.75) is 31.9 Å². The van der Waals surface area contributed by atoms with Crippen LogP contribution in [-0.2, 0) is 4.74 Å². The fourth-order valence-corrected chi connectivity index (χ4v) is 2.70. The molecule has 26 heavy (non-hydrogen) atoms. The van der Waals surface area contributed by atoms with Crippen molar-refractivity contribution in [1.82, 2.24) is 10.2 Å². The van der Waals surface area contributed by atoms with Crippen LogP contribution in [0.25, 0.3) is 0 Å². The number of hydrogen-bond donors (Lipinski definition) is 3. The summed E-state index contributed by atoms with van der Waals surface area (Å²) in [5, 5.41) is 13.1. The highest BCUT2D eigenvalue weighted by atomic mass is 127. The highest BCUT2D eigenvalue weighted by Crippen LogP contribution is 2.16. The first-order valence-corrected chi connectivity index (χ1v) is 8.42. The summed E-state index contributed by atoms with van der Waals surface area (Å²) >= 11 is 0. The van der Waals surface area contributed by atoms with Crippen LogP contribution in [0, 0.1) is 5.82 Å². The number of carbonyl (C=O) groups is 1. The van der Waals surface area contributed by atoms with Crippen molar-refractivity contribution < 1.29 is 19.0 Å². The lowest BCUT2D eigenvalue weighted by molar-refractivity contribution is 0.0963. The maximum Gasteiger partial charge on any atom is 0.409 e. The van der Waals surface area contributed by atoms with Gasteiger partial charge in [0.2, 0.25) is 0 Å². The molecule has 0 aromatic heterocycles. The first-order chi connectivity index (χ1) is 12.0.